The lowest BCUT2D eigenvalue weighted by molar-refractivity contribution is -0.140. The molecule has 1 aromatic heterocycles. The van der Waals surface area contributed by atoms with Gasteiger partial charge in [0.1, 0.15) is 5.75 Å². The number of aliphatic hydroxyl groups excluding tert-OH is 2. The van der Waals surface area contributed by atoms with Gasteiger partial charge < -0.3 is 15.3 Å². The van der Waals surface area contributed by atoms with Crippen molar-refractivity contribution in [3.05, 3.63) is 67.9 Å². The largest absolute Gasteiger partial charge is 0.508 e. The fourth-order valence-electron chi connectivity index (χ4n) is 5.96. The fourth-order valence-corrected chi connectivity index (χ4v) is 6.88. The molecule has 0 spiro atoms. The van der Waals surface area contributed by atoms with Crippen molar-refractivity contribution in [3.8, 4) is 5.75 Å². The molecule has 6 nitrogen and oxygen atoms in total. The Morgan fingerprint density at radius 2 is 2.03 bits per heavy atom. The monoisotopic (exact) mass is 557 g/mol. The first-order valence-electron chi connectivity index (χ1n) is 13.3. The second-order valence-electron chi connectivity index (χ2n) is 10.2. The predicted molar refractivity (Wildman–Crippen MR) is 151 cm³/mol. The van der Waals surface area contributed by atoms with E-state index in [-0.39, 0.29) is 30.7 Å². The molecular formula is C30H36ClNO5S. The van der Waals surface area contributed by atoms with E-state index in [9.17, 15) is 24.9 Å². The first-order chi connectivity index (χ1) is 18.3. The summed E-state index contributed by atoms with van der Waals surface area (Å²) in [5, 5.41) is 34.0. The van der Waals surface area contributed by atoms with Gasteiger partial charge in [-0.15, -0.1) is 11.3 Å². The SMILES string of the molecule is CCCC1=C([C@H](O)CC/C(=C/c2ccc(O)cc2Cl)CC)[C@H](CO)[C@@H]2C(=O)N(Cc3cccs3)C(=O)[C@@H]2C1. The van der Waals surface area contributed by atoms with Crippen molar-refractivity contribution in [1.29, 1.82) is 0 Å². The highest BCUT2D eigenvalue weighted by Crippen LogP contribution is 2.47. The van der Waals surface area contributed by atoms with Crippen molar-refractivity contribution >= 4 is 40.8 Å². The summed E-state index contributed by atoms with van der Waals surface area (Å²) in [7, 11) is 0. The van der Waals surface area contributed by atoms with Crippen LogP contribution in [0.1, 0.15) is 62.8 Å². The van der Waals surface area contributed by atoms with E-state index >= 15 is 0 Å². The Kier molecular flexibility index (Phi) is 9.47. The maximum Gasteiger partial charge on any atom is 0.234 e. The molecule has 1 aliphatic carbocycles. The number of hydrogen-bond acceptors (Lipinski definition) is 6. The van der Waals surface area contributed by atoms with Crippen molar-refractivity contribution in [1.82, 2.24) is 4.90 Å². The lowest BCUT2D eigenvalue weighted by atomic mass is 9.67. The number of allylic oxidation sites excluding steroid dienone is 2. The normalized spacial score (nSPS) is 22.8. The van der Waals surface area contributed by atoms with Crippen LogP contribution in [0.2, 0.25) is 5.02 Å². The summed E-state index contributed by atoms with van der Waals surface area (Å²) in [4.78, 5) is 29.1. The number of phenolic OH excluding ortho intramolecular Hbond substituents is 1. The van der Waals surface area contributed by atoms with Gasteiger partial charge in [-0.3, -0.25) is 14.5 Å². The highest BCUT2D eigenvalue weighted by molar-refractivity contribution is 7.09. The molecule has 204 valence electrons. The lowest BCUT2D eigenvalue weighted by Crippen LogP contribution is -2.39. The molecule has 1 saturated heterocycles. The third-order valence-electron chi connectivity index (χ3n) is 7.81. The van der Waals surface area contributed by atoms with Gasteiger partial charge in [0.2, 0.25) is 11.8 Å². The van der Waals surface area contributed by atoms with E-state index in [1.54, 1.807) is 12.1 Å². The molecule has 8 heteroatoms. The second-order valence-corrected chi connectivity index (χ2v) is 11.6. The molecule has 2 amide bonds. The Balaban J connectivity index is 1.56. The summed E-state index contributed by atoms with van der Waals surface area (Å²) >= 11 is 7.80. The average Bonchev–Trinajstić information content (AvgIpc) is 3.50. The van der Waals surface area contributed by atoms with E-state index in [4.69, 9.17) is 11.6 Å². The van der Waals surface area contributed by atoms with Crippen LogP contribution in [0.3, 0.4) is 0 Å². The van der Waals surface area contributed by atoms with Crippen LogP contribution in [0.5, 0.6) is 5.75 Å². The molecule has 3 N–H and O–H groups in total. The maximum atomic E-state index is 13.5. The standard InChI is InChI=1S/C30H36ClNO5S/c1-3-6-20-14-23-28(30(37)32(29(23)36)16-22-7-5-12-38-22)24(17-33)27(20)26(35)11-8-18(4-2)13-19-9-10-21(34)15-25(19)31/h5,7,9-10,12-13,15,23-24,26,28,33-35H,3-4,6,8,11,14,16-17H2,1-2H3/b18-13+/t23-,24+,26-,28-/m1/s1. The number of likely N-dealkylation sites (tertiary alicyclic amines) is 1. The number of carbonyl (C=O) groups excluding carboxylic acids is 2. The van der Waals surface area contributed by atoms with Crippen molar-refractivity contribution in [2.45, 2.75) is 65.0 Å². The topological polar surface area (TPSA) is 98.1 Å². The third kappa shape index (κ3) is 5.91. The molecule has 2 aliphatic rings. The Morgan fingerprint density at radius 3 is 2.66 bits per heavy atom. The maximum absolute atomic E-state index is 13.5. The Bertz CT molecular complexity index is 1220. The van der Waals surface area contributed by atoms with Crippen molar-refractivity contribution < 1.29 is 24.9 Å². The minimum absolute atomic E-state index is 0.107. The minimum Gasteiger partial charge on any atom is -0.508 e. The number of imide groups is 1. The van der Waals surface area contributed by atoms with Crippen LogP contribution in [0, 0.1) is 17.8 Å². The van der Waals surface area contributed by atoms with Gasteiger partial charge in [-0.2, -0.15) is 0 Å². The van der Waals surface area contributed by atoms with E-state index in [0.29, 0.717) is 24.3 Å². The lowest BCUT2D eigenvalue weighted by Gasteiger charge is -2.36. The van der Waals surface area contributed by atoms with Crippen LogP contribution in [0.4, 0.5) is 0 Å². The first kappa shape index (κ1) is 28.6. The van der Waals surface area contributed by atoms with Gasteiger partial charge in [0, 0.05) is 10.8 Å². The number of fused-ring (bicyclic) bond motifs is 1. The van der Waals surface area contributed by atoms with Gasteiger partial charge in [-0.25, -0.2) is 0 Å². The molecule has 0 bridgehead atoms. The van der Waals surface area contributed by atoms with Gasteiger partial charge >= 0.3 is 0 Å². The van der Waals surface area contributed by atoms with Crippen LogP contribution in [-0.4, -0.2) is 44.7 Å². The van der Waals surface area contributed by atoms with E-state index in [1.807, 2.05) is 30.5 Å². The molecule has 2 aromatic rings. The second kappa shape index (κ2) is 12.6. The number of phenols is 1. The molecule has 1 aromatic carbocycles. The van der Waals surface area contributed by atoms with Crippen LogP contribution >= 0.6 is 22.9 Å². The van der Waals surface area contributed by atoms with E-state index in [1.165, 1.54) is 22.3 Å². The van der Waals surface area contributed by atoms with E-state index in [2.05, 4.69) is 6.92 Å². The van der Waals surface area contributed by atoms with E-state index in [0.717, 1.165) is 46.4 Å². The summed E-state index contributed by atoms with van der Waals surface area (Å²) in [6, 6.07) is 8.67. The van der Waals surface area contributed by atoms with Crippen LogP contribution in [0.15, 0.2) is 52.4 Å². The molecule has 0 unspecified atom stereocenters. The molecule has 0 radical (unpaired) electrons. The number of aromatic hydroxyl groups is 1. The Labute approximate surface area is 233 Å². The number of thiophene rings is 1. The number of amides is 2. The number of nitrogens with zero attached hydrogens (tertiary/aromatic N) is 1. The van der Waals surface area contributed by atoms with Crippen molar-refractivity contribution in [3.63, 3.8) is 0 Å². The number of benzene rings is 1. The zero-order chi connectivity index (χ0) is 27.4. The van der Waals surface area contributed by atoms with Crippen molar-refractivity contribution in [2.75, 3.05) is 6.61 Å². The highest BCUT2D eigenvalue weighted by Gasteiger charge is 2.54. The number of hydrogen-bond donors (Lipinski definition) is 3. The summed E-state index contributed by atoms with van der Waals surface area (Å²) in [6.07, 6.45) is 5.00. The molecule has 1 aliphatic heterocycles. The van der Waals surface area contributed by atoms with Gasteiger partial charge in [0.15, 0.2) is 0 Å². The number of rotatable bonds is 11. The van der Waals surface area contributed by atoms with Gasteiger partial charge in [0.25, 0.3) is 0 Å². The first-order valence-corrected chi connectivity index (χ1v) is 14.6. The third-order valence-corrected chi connectivity index (χ3v) is 9.00. The smallest absolute Gasteiger partial charge is 0.234 e. The molecule has 38 heavy (non-hydrogen) atoms. The predicted octanol–water partition coefficient (Wildman–Crippen LogP) is 5.95. The quantitative estimate of drug-likeness (QED) is 0.234. The van der Waals surface area contributed by atoms with Gasteiger partial charge in [0.05, 0.1) is 36.1 Å². The van der Waals surface area contributed by atoms with Crippen LogP contribution < -0.4 is 0 Å². The minimum atomic E-state index is -0.825. The van der Waals surface area contributed by atoms with Crippen LogP contribution in [0.25, 0.3) is 6.08 Å². The number of aliphatic hydroxyl groups is 2. The average molecular weight is 558 g/mol. The zero-order valence-electron chi connectivity index (χ0n) is 21.9. The zero-order valence-corrected chi connectivity index (χ0v) is 23.5. The summed E-state index contributed by atoms with van der Waals surface area (Å²) in [6.45, 7) is 4.07. The van der Waals surface area contributed by atoms with Gasteiger partial charge in [-0.1, -0.05) is 55.2 Å². The van der Waals surface area contributed by atoms with Crippen LogP contribution in [-0.2, 0) is 16.1 Å². The summed E-state index contributed by atoms with van der Waals surface area (Å²) < 4.78 is 0. The number of carbonyl (C=O) groups is 2. The molecule has 1 fully saturated rings. The van der Waals surface area contributed by atoms with Crippen molar-refractivity contribution in [2.24, 2.45) is 17.8 Å². The Morgan fingerprint density at radius 1 is 1.24 bits per heavy atom. The highest BCUT2D eigenvalue weighted by atomic mass is 35.5. The van der Waals surface area contributed by atoms with Gasteiger partial charge in [-0.05, 0) is 72.9 Å². The summed E-state index contributed by atoms with van der Waals surface area (Å²) in [5.41, 5.74) is 3.64. The Hall–Kier alpha value is -2.45. The molecule has 4 rings (SSSR count). The molecule has 2 heterocycles. The number of halogens is 1. The molecule has 4 atom stereocenters. The molecular weight excluding hydrogens is 522 g/mol. The molecule has 0 saturated carbocycles. The summed E-state index contributed by atoms with van der Waals surface area (Å²) in [5.74, 6) is -2.01. The van der Waals surface area contributed by atoms with E-state index < -0.39 is 23.9 Å². The fraction of sp³-hybridized carbons (Fsp3) is 0.467.